The van der Waals surface area contributed by atoms with Crippen molar-refractivity contribution in [2.24, 2.45) is 0 Å². The number of benzene rings is 2. The number of methoxy groups -OCH3 is 2. The van der Waals surface area contributed by atoms with E-state index in [1.807, 2.05) is 6.07 Å². The van der Waals surface area contributed by atoms with Crippen molar-refractivity contribution in [3.8, 4) is 11.5 Å². The molecule has 2 aromatic carbocycles. The summed E-state index contributed by atoms with van der Waals surface area (Å²) in [4.78, 5) is 26.4. The van der Waals surface area contributed by atoms with Gasteiger partial charge in [0.25, 0.3) is 5.91 Å². The predicted octanol–water partition coefficient (Wildman–Crippen LogP) is 3.47. The molecule has 0 unspecified atom stereocenters. The van der Waals surface area contributed by atoms with Crippen LogP contribution in [0.4, 0.5) is 11.4 Å². The van der Waals surface area contributed by atoms with Crippen LogP contribution in [0.25, 0.3) is 0 Å². The van der Waals surface area contributed by atoms with Gasteiger partial charge in [-0.05, 0) is 37.1 Å². The standard InChI is InChI=1S/C20H22N2O4/c1-25-17-8-4-3-7-15(17)20(24)21-14-10-11-16(18(13-14)26-2)22-12-6-5-9-19(22)23/h3-4,7-8,10-11,13H,5-6,9,12H2,1-2H3,(H,21,24). The first-order chi connectivity index (χ1) is 12.6. The molecular weight excluding hydrogens is 332 g/mol. The molecule has 1 aliphatic rings. The first-order valence-corrected chi connectivity index (χ1v) is 8.57. The maximum atomic E-state index is 12.5. The summed E-state index contributed by atoms with van der Waals surface area (Å²) in [5.74, 6) is 0.886. The maximum Gasteiger partial charge on any atom is 0.259 e. The Labute approximate surface area is 152 Å². The highest BCUT2D eigenvalue weighted by molar-refractivity contribution is 6.06. The van der Waals surface area contributed by atoms with Crippen molar-refractivity contribution < 1.29 is 19.1 Å². The summed E-state index contributed by atoms with van der Waals surface area (Å²) in [5, 5.41) is 2.85. The lowest BCUT2D eigenvalue weighted by Crippen LogP contribution is -2.35. The highest BCUT2D eigenvalue weighted by atomic mass is 16.5. The molecule has 0 spiro atoms. The van der Waals surface area contributed by atoms with Crippen molar-refractivity contribution in [2.75, 3.05) is 31.0 Å². The Morgan fingerprint density at radius 3 is 2.54 bits per heavy atom. The van der Waals surface area contributed by atoms with E-state index in [9.17, 15) is 9.59 Å². The minimum Gasteiger partial charge on any atom is -0.496 e. The number of hydrogen-bond acceptors (Lipinski definition) is 4. The third-order valence-electron chi connectivity index (χ3n) is 4.40. The smallest absolute Gasteiger partial charge is 0.259 e. The van der Waals surface area contributed by atoms with Crippen molar-refractivity contribution in [1.82, 2.24) is 0 Å². The maximum absolute atomic E-state index is 12.5. The van der Waals surface area contributed by atoms with Crippen LogP contribution in [0.3, 0.4) is 0 Å². The molecule has 0 aliphatic carbocycles. The van der Waals surface area contributed by atoms with Crippen molar-refractivity contribution in [3.63, 3.8) is 0 Å². The van der Waals surface area contributed by atoms with E-state index < -0.39 is 0 Å². The fraction of sp³-hybridized carbons (Fsp3) is 0.300. The first-order valence-electron chi connectivity index (χ1n) is 8.57. The fourth-order valence-corrected chi connectivity index (χ4v) is 3.07. The largest absolute Gasteiger partial charge is 0.496 e. The van der Waals surface area contributed by atoms with Gasteiger partial charge >= 0.3 is 0 Å². The van der Waals surface area contributed by atoms with Gasteiger partial charge in [0.2, 0.25) is 5.91 Å². The van der Waals surface area contributed by atoms with E-state index in [1.165, 1.54) is 7.11 Å². The molecule has 6 heteroatoms. The quantitative estimate of drug-likeness (QED) is 0.893. The van der Waals surface area contributed by atoms with Gasteiger partial charge in [-0.1, -0.05) is 12.1 Å². The summed E-state index contributed by atoms with van der Waals surface area (Å²) < 4.78 is 10.7. The van der Waals surface area contributed by atoms with Gasteiger partial charge in [-0.2, -0.15) is 0 Å². The topological polar surface area (TPSA) is 67.9 Å². The summed E-state index contributed by atoms with van der Waals surface area (Å²) >= 11 is 0. The van der Waals surface area contributed by atoms with Crippen molar-refractivity contribution >= 4 is 23.2 Å². The second-order valence-corrected chi connectivity index (χ2v) is 6.04. The van der Waals surface area contributed by atoms with E-state index in [2.05, 4.69) is 5.32 Å². The number of carbonyl (C=O) groups excluding carboxylic acids is 2. The Morgan fingerprint density at radius 2 is 1.81 bits per heavy atom. The number of para-hydroxylation sites is 1. The summed E-state index contributed by atoms with van der Waals surface area (Å²) in [6.45, 7) is 0.683. The molecule has 0 bridgehead atoms. The molecule has 136 valence electrons. The van der Waals surface area contributed by atoms with Gasteiger partial charge in [-0.3, -0.25) is 9.59 Å². The molecule has 26 heavy (non-hydrogen) atoms. The zero-order chi connectivity index (χ0) is 18.5. The highest BCUT2D eigenvalue weighted by Gasteiger charge is 2.23. The summed E-state index contributed by atoms with van der Waals surface area (Å²) in [5.41, 5.74) is 1.77. The summed E-state index contributed by atoms with van der Waals surface area (Å²) in [7, 11) is 3.08. The molecule has 6 nitrogen and oxygen atoms in total. The lowest BCUT2D eigenvalue weighted by atomic mass is 10.1. The number of amides is 2. The first kappa shape index (κ1) is 17.8. The number of rotatable bonds is 5. The number of piperidine rings is 1. The Morgan fingerprint density at radius 1 is 1.04 bits per heavy atom. The second kappa shape index (κ2) is 7.91. The van der Waals surface area contributed by atoms with Crippen LogP contribution in [0.2, 0.25) is 0 Å². The summed E-state index contributed by atoms with van der Waals surface area (Å²) in [6, 6.07) is 12.3. The SMILES string of the molecule is COc1ccccc1C(=O)Nc1ccc(N2CCCCC2=O)c(OC)c1. The zero-order valence-electron chi connectivity index (χ0n) is 15.0. The number of carbonyl (C=O) groups is 2. The molecule has 1 aliphatic heterocycles. The molecule has 0 atom stereocenters. The predicted molar refractivity (Wildman–Crippen MR) is 100 cm³/mol. The zero-order valence-corrected chi connectivity index (χ0v) is 15.0. The molecule has 2 amide bonds. The number of anilines is 2. The van der Waals surface area contributed by atoms with Gasteiger partial charge < -0.3 is 19.7 Å². The number of nitrogens with one attached hydrogen (secondary N) is 1. The molecule has 1 N–H and O–H groups in total. The van der Waals surface area contributed by atoms with E-state index >= 15 is 0 Å². The van der Waals surface area contributed by atoms with Crippen LogP contribution in [0, 0.1) is 0 Å². The second-order valence-electron chi connectivity index (χ2n) is 6.04. The normalized spacial score (nSPS) is 14.1. The number of hydrogen-bond donors (Lipinski definition) is 1. The van der Waals surface area contributed by atoms with Gasteiger partial charge in [-0.25, -0.2) is 0 Å². The average Bonchev–Trinajstić information content (AvgIpc) is 2.68. The molecule has 1 fully saturated rings. The van der Waals surface area contributed by atoms with E-state index in [1.54, 1.807) is 48.4 Å². The third kappa shape index (κ3) is 3.64. The van der Waals surface area contributed by atoms with Crippen LogP contribution in [0.15, 0.2) is 42.5 Å². The van der Waals surface area contributed by atoms with Crippen molar-refractivity contribution in [1.29, 1.82) is 0 Å². The molecule has 3 rings (SSSR count). The lowest BCUT2D eigenvalue weighted by molar-refractivity contribution is -0.119. The Kier molecular flexibility index (Phi) is 5.41. The van der Waals surface area contributed by atoms with Crippen molar-refractivity contribution in [2.45, 2.75) is 19.3 Å². The number of nitrogens with zero attached hydrogens (tertiary/aromatic N) is 1. The van der Waals surface area contributed by atoms with Crippen LogP contribution >= 0.6 is 0 Å². The van der Waals surface area contributed by atoms with Crippen LogP contribution < -0.4 is 19.7 Å². The van der Waals surface area contributed by atoms with Gasteiger partial charge in [0.05, 0.1) is 25.5 Å². The monoisotopic (exact) mass is 354 g/mol. The molecule has 0 radical (unpaired) electrons. The molecule has 0 saturated carbocycles. The van der Waals surface area contributed by atoms with Gasteiger partial charge in [0.15, 0.2) is 0 Å². The minimum absolute atomic E-state index is 0.0976. The molecule has 0 aromatic heterocycles. The van der Waals surface area contributed by atoms with Gasteiger partial charge in [-0.15, -0.1) is 0 Å². The highest BCUT2D eigenvalue weighted by Crippen LogP contribution is 2.33. The average molecular weight is 354 g/mol. The molecule has 1 heterocycles. The van der Waals surface area contributed by atoms with E-state index in [0.29, 0.717) is 35.7 Å². The van der Waals surface area contributed by atoms with E-state index in [0.717, 1.165) is 18.5 Å². The minimum atomic E-state index is -0.272. The van der Waals surface area contributed by atoms with Crippen molar-refractivity contribution in [3.05, 3.63) is 48.0 Å². The molecule has 1 saturated heterocycles. The van der Waals surface area contributed by atoms with E-state index in [4.69, 9.17) is 9.47 Å². The lowest BCUT2D eigenvalue weighted by Gasteiger charge is -2.28. The number of ether oxygens (including phenoxy) is 2. The van der Waals surface area contributed by atoms with Crippen LogP contribution in [0.1, 0.15) is 29.6 Å². The summed E-state index contributed by atoms with van der Waals surface area (Å²) in [6.07, 6.45) is 2.45. The Hall–Kier alpha value is -3.02. The third-order valence-corrected chi connectivity index (χ3v) is 4.40. The van der Waals surface area contributed by atoms with Crippen LogP contribution in [0.5, 0.6) is 11.5 Å². The van der Waals surface area contributed by atoms with Gasteiger partial charge in [0.1, 0.15) is 11.5 Å². The molecular formula is C20H22N2O4. The van der Waals surface area contributed by atoms with Gasteiger partial charge in [0, 0.05) is 24.7 Å². The Bertz CT molecular complexity index is 819. The van der Waals surface area contributed by atoms with Crippen LogP contribution in [-0.2, 0) is 4.79 Å². The molecule has 2 aromatic rings. The van der Waals surface area contributed by atoms with Crippen LogP contribution in [-0.4, -0.2) is 32.6 Å². The van der Waals surface area contributed by atoms with E-state index in [-0.39, 0.29) is 11.8 Å². The fourth-order valence-electron chi connectivity index (χ4n) is 3.07. The Balaban J connectivity index is 1.83.